The van der Waals surface area contributed by atoms with E-state index in [1.54, 1.807) is 12.1 Å². The van der Waals surface area contributed by atoms with Gasteiger partial charge < -0.3 is 19.4 Å². The molecule has 0 saturated heterocycles. The lowest BCUT2D eigenvalue weighted by atomic mass is 9.87. The Kier molecular flexibility index (Phi) is 7.82. The molecule has 1 atom stereocenters. The van der Waals surface area contributed by atoms with Crippen LogP contribution < -0.4 is 10.1 Å². The maximum atomic E-state index is 12.9. The zero-order valence-electron chi connectivity index (χ0n) is 22.7. The van der Waals surface area contributed by atoms with Crippen LogP contribution >= 0.6 is 0 Å². The van der Waals surface area contributed by atoms with Crippen molar-refractivity contribution in [2.24, 2.45) is 0 Å². The molecule has 0 fully saturated rings. The first-order chi connectivity index (χ1) is 18.9. The summed E-state index contributed by atoms with van der Waals surface area (Å²) >= 11 is 0. The van der Waals surface area contributed by atoms with Crippen molar-refractivity contribution in [1.82, 2.24) is 10.2 Å². The molecule has 1 N–H and O–H groups in total. The van der Waals surface area contributed by atoms with Gasteiger partial charge in [0.15, 0.2) is 5.76 Å². The highest BCUT2D eigenvalue weighted by molar-refractivity contribution is 5.91. The number of furan rings is 1. The lowest BCUT2D eigenvalue weighted by Crippen LogP contribution is -2.40. The summed E-state index contributed by atoms with van der Waals surface area (Å²) in [6, 6.07) is 25.8. The second-order valence-corrected chi connectivity index (χ2v) is 10.1. The average molecular weight is 523 g/mol. The number of nitrogens with one attached hydrogen (secondary N) is 1. The second-order valence-electron chi connectivity index (χ2n) is 10.1. The zero-order chi connectivity index (χ0) is 27.4. The fourth-order valence-electron chi connectivity index (χ4n) is 5.09. The van der Waals surface area contributed by atoms with Crippen LogP contribution in [0.2, 0.25) is 0 Å². The summed E-state index contributed by atoms with van der Waals surface area (Å²) < 4.78 is 11.9. The van der Waals surface area contributed by atoms with E-state index in [2.05, 4.69) is 42.6 Å². The fourth-order valence-corrected chi connectivity index (χ4v) is 5.09. The lowest BCUT2D eigenvalue weighted by Gasteiger charge is -2.38. The first kappa shape index (κ1) is 26.3. The highest BCUT2D eigenvalue weighted by Crippen LogP contribution is 2.37. The number of hydrogen-bond acceptors (Lipinski definition) is 4. The van der Waals surface area contributed by atoms with Crippen LogP contribution in [0.4, 0.5) is 0 Å². The summed E-state index contributed by atoms with van der Waals surface area (Å²) in [5.41, 5.74) is 6.76. The third-order valence-corrected chi connectivity index (χ3v) is 7.16. The molecule has 2 amide bonds. The molecule has 2 heterocycles. The average Bonchev–Trinajstić information content (AvgIpc) is 3.43. The van der Waals surface area contributed by atoms with E-state index in [1.165, 1.54) is 11.1 Å². The van der Waals surface area contributed by atoms with Gasteiger partial charge in [-0.15, -0.1) is 0 Å². The molecule has 200 valence electrons. The summed E-state index contributed by atoms with van der Waals surface area (Å²) in [5.74, 6) is 1.38. The number of nitrogens with zero attached hydrogens (tertiary/aromatic N) is 1. The molecule has 1 unspecified atom stereocenters. The standard InChI is InChI=1S/C33H34N2O4/c1-4-31(36)35-17-16-25-12-13-27(19-29(25)32(35)26-10-8-22(2)9-11-26)38-21-28-14-15-30(39-28)33(37)34-20-24-7-5-6-23(3)18-24/h5-15,18-19,32H,4,16-17,20-21H2,1-3H3,(H,34,37). The summed E-state index contributed by atoms with van der Waals surface area (Å²) in [4.78, 5) is 27.4. The summed E-state index contributed by atoms with van der Waals surface area (Å²) in [6.07, 6.45) is 1.27. The van der Waals surface area contributed by atoms with Crippen molar-refractivity contribution in [2.75, 3.05) is 6.54 Å². The maximum absolute atomic E-state index is 12.9. The molecule has 4 aromatic rings. The number of ether oxygens (including phenoxy) is 1. The number of benzene rings is 3. The van der Waals surface area contributed by atoms with Crippen molar-refractivity contribution in [3.8, 4) is 5.75 Å². The number of carbonyl (C=O) groups excluding carboxylic acids is 2. The van der Waals surface area contributed by atoms with Gasteiger partial charge in [-0.2, -0.15) is 0 Å². The number of aryl methyl sites for hydroxylation is 2. The smallest absolute Gasteiger partial charge is 0.287 e. The van der Waals surface area contributed by atoms with Gasteiger partial charge in [0, 0.05) is 19.5 Å². The van der Waals surface area contributed by atoms with Crippen molar-refractivity contribution in [2.45, 2.75) is 52.8 Å². The van der Waals surface area contributed by atoms with Gasteiger partial charge >= 0.3 is 0 Å². The Morgan fingerprint density at radius 1 is 0.974 bits per heavy atom. The van der Waals surface area contributed by atoms with Crippen LogP contribution in [0.1, 0.15) is 69.1 Å². The molecule has 0 saturated carbocycles. The van der Waals surface area contributed by atoms with Crippen LogP contribution in [0.15, 0.2) is 83.3 Å². The van der Waals surface area contributed by atoms with Crippen LogP contribution in [-0.2, 0) is 24.4 Å². The SMILES string of the molecule is CCC(=O)N1CCc2ccc(OCc3ccc(C(=O)NCc4cccc(C)c4)o3)cc2C1c1ccc(C)cc1. The van der Waals surface area contributed by atoms with E-state index in [4.69, 9.17) is 9.15 Å². The third-order valence-electron chi connectivity index (χ3n) is 7.16. The van der Waals surface area contributed by atoms with Gasteiger partial charge in [0.05, 0.1) is 6.04 Å². The lowest BCUT2D eigenvalue weighted by molar-refractivity contribution is -0.132. The molecule has 6 nitrogen and oxygen atoms in total. The number of hydrogen-bond donors (Lipinski definition) is 1. The van der Waals surface area contributed by atoms with Crippen LogP contribution in [0.5, 0.6) is 5.75 Å². The minimum Gasteiger partial charge on any atom is -0.486 e. The predicted molar refractivity (Wildman–Crippen MR) is 151 cm³/mol. The van der Waals surface area contributed by atoms with Crippen molar-refractivity contribution in [3.05, 3.63) is 124 Å². The Labute approximate surface area is 229 Å². The van der Waals surface area contributed by atoms with E-state index in [9.17, 15) is 9.59 Å². The Bertz CT molecular complexity index is 1470. The monoisotopic (exact) mass is 522 g/mol. The van der Waals surface area contributed by atoms with Crippen molar-refractivity contribution >= 4 is 11.8 Å². The van der Waals surface area contributed by atoms with E-state index in [1.807, 2.05) is 55.1 Å². The first-order valence-electron chi connectivity index (χ1n) is 13.5. The van der Waals surface area contributed by atoms with Gasteiger partial charge in [0.25, 0.3) is 5.91 Å². The van der Waals surface area contributed by atoms with E-state index in [-0.39, 0.29) is 30.2 Å². The van der Waals surface area contributed by atoms with Crippen molar-refractivity contribution in [3.63, 3.8) is 0 Å². The molecule has 5 rings (SSSR count). The zero-order valence-corrected chi connectivity index (χ0v) is 22.7. The highest BCUT2D eigenvalue weighted by Gasteiger charge is 2.31. The quantitative estimate of drug-likeness (QED) is 0.295. The molecular formula is C33H34N2O4. The Hall–Kier alpha value is -4.32. The van der Waals surface area contributed by atoms with E-state index in [0.29, 0.717) is 31.0 Å². The maximum Gasteiger partial charge on any atom is 0.287 e. The fraction of sp³-hybridized carbons (Fsp3) is 0.273. The molecule has 39 heavy (non-hydrogen) atoms. The number of amides is 2. The molecule has 0 radical (unpaired) electrons. The minimum atomic E-state index is -0.266. The highest BCUT2D eigenvalue weighted by atomic mass is 16.5. The molecule has 0 aliphatic carbocycles. The summed E-state index contributed by atoms with van der Waals surface area (Å²) in [7, 11) is 0. The molecule has 3 aromatic carbocycles. The second kappa shape index (κ2) is 11.6. The molecule has 0 spiro atoms. The van der Waals surface area contributed by atoms with Gasteiger partial charge in [0.1, 0.15) is 18.1 Å². The Balaban J connectivity index is 1.29. The number of carbonyl (C=O) groups is 2. The predicted octanol–water partition coefficient (Wildman–Crippen LogP) is 6.29. The minimum absolute atomic E-state index is 0.140. The number of rotatable bonds is 8. The van der Waals surface area contributed by atoms with E-state index in [0.717, 1.165) is 28.7 Å². The molecule has 1 aromatic heterocycles. The van der Waals surface area contributed by atoms with Gasteiger partial charge in [-0.1, -0.05) is 72.6 Å². The van der Waals surface area contributed by atoms with Gasteiger partial charge in [0.2, 0.25) is 5.91 Å². The summed E-state index contributed by atoms with van der Waals surface area (Å²) in [5, 5.41) is 2.90. The van der Waals surface area contributed by atoms with Gasteiger partial charge in [-0.3, -0.25) is 9.59 Å². The van der Waals surface area contributed by atoms with Crippen LogP contribution in [0.25, 0.3) is 0 Å². The molecule has 1 aliphatic rings. The van der Waals surface area contributed by atoms with Gasteiger partial charge in [-0.25, -0.2) is 0 Å². The molecule has 0 bridgehead atoms. The third kappa shape index (κ3) is 6.06. The normalized spacial score (nSPS) is 14.5. The molecule has 1 aliphatic heterocycles. The van der Waals surface area contributed by atoms with Crippen LogP contribution in [0, 0.1) is 13.8 Å². The number of fused-ring (bicyclic) bond motifs is 1. The van der Waals surface area contributed by atoms with E-state index < -0.39 is 0 Å². The Morgan fingerprint density at radius 3 is 2.56 bits per heavy atom. The van der Waals surface area contributed by atoms with Crippen LogP contribution in [-0.4, -0.2) is 23.3 Å². The van der Waals surface area contributed by atoms with Crippen LogP contribution in [0.3, 0.4) is 0 Å². The molecule has 6 heteroatoms. The summed E-state index contributed by atoms with van der Waals surface area (Å²) in [6.45, 7) is 7.31. The topological polar surface area (TPSA) is 71.8 Å². The largest absolute Gasteiger partial charge is 0.486 e. The van der Waals surface area contributed by atoms with Gasteiger partial charge in [-0.05, 0) is 66.8 Å². The first-order valence-corrected chi connectivity index (χ1v) is 13.5. The van der Waals surface area contributed by atoms with Crippen molar-refractivity contribution < 1.29 is 18.7 Å². The van der Waals surface area contributed by atoms with E-state index >= 15 is 0 Å². The molecular weight excluding hydrogens is 488 g/mol. The van der Waals surface area contributed by atoms with Crippen molar-refractivity contribution in [1.29, 1.82) is 0 Å². The Morgan fingerprint density at radius 2 is 1.79 bits per heavy atom.